The van der Waals surface area contributed by atoms with E-state index in [0.29, 0.717) is 0 Å². The van der Waals surface area contributed by atoms with Gasteiger partial charge in [-0.2, -0.15) is 0 Å². The third-order valence-corrected chi connectivity index (χ3v) is 3.81. The average Bonchev–Trinajstić information content (AvgIpc) is 2.82. The van der Waals surface area contributed by atoms with Gasteiger partial charge in [0.05, 0.1) is 7.11 Å². The van der Waals surface area contributed by atoms with E-state index in [1.165, 1.54) is 20.0 Å². The first-order valence-corrected chi connectivity index (χ1v) is 5.42. The first kappa shape index (κ1) is 9.97. The zero-order valence-electron chi connectivity index (χ0n) is 9.25. The van der Waals surface area contributed by atoms with Gasteiger partial charge >= 0.3 is 5.97 Å². The quantitative estimate of drug-likeness (QED) is 0.641. The predicted molar refractivity (Wildman–Crippen MR) is 53.9 cm³/mol. The normalized spacial score (nSPS) is 28.4. The fourth-order valence-electron chi connectivity index (χ4n) is 2.48. The van der Waals surface area contributed by atoms with Gasteiger partial charge < -0.3 is 4.74 Å². The monoisotopic (exact) mass is 197 g/mol. The topological polar surface area (TPSA) is 29.5 Å². The molecule has 0 spiro atoms. The summed E-state index contributed by atoms with van der Waals surface area (Å²) in [5.74, 6) is 0.722. The van der Waals surface area contributed by atoms with Crippen LogP contribution in [0, 0.1) is 5.92 Å². The van der Waals surface area contributed by atoms with Crippen LogP contribution >= 0.6 is 0 Å². The van der Waals surface area contributed by atoms with Crippen molar-refractivity contribution in [1.82, 2.24) is 4.90 Å². The molecular formula is C11H19NO2. The third-order valence-electron chi connectivity index (χ3n) is 3.81. The standard InChI is InChI=1S/C11H19NO2/c1-11(2,8-4-5-8)12-7-6-9(12)10(13)14-3/h8-9H,4-7H2,1-3H3. The van der Waals surface area contributed by atoms with Gasteiger partial charge in [0, 0.05) is 12.1 Å². The molecule has 0 bridgehead atoms. The van der Waals surface area contributed by atoms with Crippen LogP contribution in [0.15, 0.2) is 0 Å². The largest absolute Gasteiger partial charge is 0.468 e. The van der Waals surface area contributed by atoms with Crippen LogP contribution in [0.5, 0.6) is 0 Å². The summed E-state index contributed by atoms with van der Waals surface area (Å²) in [6.45, 7) is 5.54. The van der Waals surface area contributed by atoms with Crippen LogP contribution in [0.1, 0.15) is 33.1 Å². The van der Waals surface area contributed by atoms with Crippen LogP contribution in [0.2, 0.25) is 0 Å². The molecule has 80 valence electrons. The summed E-state index contributed by atoms with van der Waals surface area (Å²) in [6, 6.07) is 0.0237. The third kappa shape index (κ3) is 1.44. The molecule has 1 saturated heterocycles. The second-order valence-corrected chi connectivity index (χ2v) is 4.95. The van der Waals surface area contributed by atoms with Crippen molar-refractivity contribution >= 4 is 5.97 Å². The van der Waals surface area contributed by atoms with Crippen molar-refractivity contribution in [2.45, 2.75) is 44.7 Å². The van der Waals surface area contributed by atoms with Gasteiger partial charge in [0.1, 0.15) is 6.04 Å². The van der Waals surface area contributed by atoms with E-state index in [1.54, 1.807) is 0 Å². The molecule has 1 heterocycles. The number of carbonyl (C=O) groups is 1. The van der Waals surface area contributed by atoms with E-state index in [-0.39, 0.29) is 17.6 Å². The van der Waals surface area contributed by atoms with Crippen molar-refractivity contribution in [3.05, 3.63) is 0 Å². The van der Waals surface area contributed by atoms with Gasteiger partial charge in [-0.15, -0.1) is 0 Å². The van der Waals surface area contributed by atoms with Gasteiger partial charge in [-0.1, -0.05) is 0 Å². The molecule has 3 nitrogen and oxygen atoms in total. The number of likely N-dealkylation sites (tertiary alicyclic amines) is 1. The Bertz CT molecular complexity index is 246. The lowest BCUT2D eigenvalue weighted by atomic mass is 9.88. The van der Waals surface area contributed by atoms with E-state index in [2.05, 4.69) is 18.7 Å². The van der Waals surface area contributed by atoms with E-state index in [1.807, 2.05) is 0 Å². The lowest BCUT2D eigenvalue weighted by molar-refractivity contribution is -0.157. The SMILES string of the molecule is COC(=O)C1CCN1C(C)(C)C1CC1. The summed E-state index contributed by atoms with van der Waals surface area (Å²) < 4.78 is 4.80. The minimum atomic E-state index is -0.0648. The minimum absolute atomic E-state index is 0.0237. The number of nitrogens with zero attached hydrogens (tertiary/aromatic N) is 1. The van der Waals surface area contributed by atoms with E-state index < -0.39 is 0 Å². The number of rotatable bonds is 3. The van der Waals surface area contributed by atoms with Crippen molar-refractivity contribution in [2.75, 3.05) is 13.7 Å². The number of hydrogen-bond donors (Lipinski definition) is 0. The van der Waals surface area contributed by atoms with Crippen LogP contribution in [0.4, 0.5) is 0 Å². The molecule has 0 radical (unpaired) electrons. The van der Waals surface area contributed by atoms with Gasteiger partial charge in [-0.25, -0.2) is 0 Å². The number of carbonyl (C=O) groups excluding carboxylic acids is 1. The van der Waals surface area contributed by atoms with Crippen molar-refractivity contribution in [2.24, 2.45) is 5.92 Å². The van der Waals surface area contributed by atoms with Crippen LogP contribution in [0.3, 0.4) is 0 Å². The van der Waals surface area contributed by atoms with Crippen molar-refractivity contribution in [1.29, 1.82) is 0 Å². The van der Waals surface area contributed by atoms with Gasteiger partial charge in [-0.3, -0.25) is 9.69 Å². The van der Waals surface area contributed by atoms with Gasteiger partial charge in [0.15, 0.2) is 0 Å². The van der Waals surface area contributed by atoms with E-state index in [9.17, 15) is 4.79 Å². The Morgan fingerprint density at radius 3 is 2.36 bits per heavy atom. The smallest absolute Gasteiger partial charge is 0.323 e. The van der Waals surface area contributed by atoms with Crippen LogP contribution in [-0.2, 0) is 9.53 Å². The highest BCUT2D eigenvalue weighted by molar-refractivity contribution is 5.76. The fourth-order valence-corrected chi connectivity index (χ4v) is 2.48. The maximum Gasteiger partial charge on any atom is 0.323 e. The lowest BCUT2D eigenvalue weighted by Crippen LogP contribution is -2.62. The molecule has 14 heavy (non-hydrogen) atoms. The number of ether oxygens (including phenoxy) is 1. The molecule has 1 unspecified atom stereocenters. The van der Waals surface area contributed by atoms with Gasteiger partial charge in [0.2, 0.25) is 0 Å². The molecule has 2 fully saturated rings. The molecule has 0 amide bonds. The molecule has 0 aromatic rings. The van der Waals surface area contributed by atoms with Crippen LogP contribution in [0.25, 0.3) is 0 Å². The summed E-state index contributed by atoms with van der Waals surface area (Å²) in [5, 5.41) is 0. The second kappa shape index (κ2) is 3.23. The number of hydrogen-bond acceptors (Lipinski definition) is 3. The van der Waals surface area contributed by atoms with Gasteiger partial charge in [-0.05, 0) is 39.0 Å². The highest BCUT2D eigenvalue weighted by atomic mass is 16.5. The molecule has 1 aliphatic carbocycles. The van der Waals surface area contributed by atoms with Crippen molar-refractivity contribution in [3.8, 4) is 0 Å². The summed E-state index contributed by atoms with van der Waals surface area (Å²) in [6.07, 6.45) is 3.59. The molecule has 0 aromatic heterocycles. The molecule has 0 aromatic carbocycles. The maximum atomic E-state index is 11.4. The minimum Gasteiger partial charge on any atom is -0.468 e. The summed E-state index contributed by atoms with van der Waals surface area (Å²) in [4.78, 5) is 13.7. The summed E-state index contributed by atoms with van der Waals surface area (Å²) in [7, 11) is 1.48. The Kier molecular flexibility index (Phi) is 2.30. The fraction of sp³-hybridized carbons (Fsp3) is 0.909. The first-order valence-electron chi connectivity index (χ1n) is 5.42. The van der Waals surface area contributed by atoms with Crippen molar-refractivity contribution in [3.63, 3.8) is 0 Å². The summed E-state index contributed by atoms with van der Waals surface area (Å²) >= 11 is 0. The van der Waals surface area contributed by atoms with Gasteiger partial charge in [0.25, 0.3) is 0 Å². The van der Waals surface area contributed by atoms with E-state index in [4.69, 9.17) is 4.74 Å². The number of methoxy groups -OCH3 is 1. The lowest BCUT2D eigenvalue weighted by Gasteiger charge is -2.49. The molecular weight excluding hydrogens is 178 g/mol. The molecule has 2 rings (SSSR count). The predicted octanol–water partition coefficient (Wildman–Crippen LogP) is 1.42. The molecule has 3 heteroatoms. The Balaban J connectivity index is 2.01. The Morgan fingerprint density at radius 2 is 2.00 bits per heavy atom. The second-order valence-electron chi connectivity index (χ2n) is 4.95. The van der Waals surface area contributed by atoms with E-state index >= 15 is 0 Å². The Morgan fingerprint density at radius 1 is 1.36 bits per heavy atom. The highest BCUT2D eigenvalue weighted by Gasteiger charge is 2.49. The zero-order chi connectivity index (χ0) is 10.3. The maximum absolute atomic E-state index is 11.4. The molecule has 0 N–H and O–H groups in total. The molecule has 1 saturated carbocycles. The average molecular weight is 197 g/mol. The van der Waals surface area contributed by atoms with Crippen molar-refractivity contribution < 1.29 is 9.53 Å². The Hall–Kier alpha value is -0.570. The van der Waals surface area contributed by atoms with E-state index in [0.717, 1.165) is 18.9 Å². The number of esters is 1. The van der Waals surface area contributed by atoms with Crippen LogP contribution < -0.4 is 0 Å². The molecule has 2 aliphatic rings. The Labute approximate surface area is 85.4 Å². The molecule has 1 atom stereocenters. The van der Waals surface area contributed by atoms with Crippen LogP contribution in [-0.4, -0.2) is 36.1 Å². The summed E-state index contributed by atoms with van der Waals surface area (Å²) in [5.41, 5.74) is 0.192. The molecule has 1 aliphatic heterocycles. The zero-order valence-corrected chi connectivity index (χ0v) is 9.25. The highest BCUT2D eigenvalue weighted by Crippen LogP contribution is 2.45. The first-order chi connectivity index (χ1) is 6.57.